The largest absolute Gasteiger partial charge is 0.381 e. The lowest BCUT2D eigenvalue weighted by Crippen LogP contribution is -2.35. The zero-order valence-corrected chi connectivity index (χ0v) is 14.8. The Bertz CT molecular complexity index is 601. The zero-order chi connectivity index (χ0) is 17.7. The smallest absolute Gasteiger partial charge is 0.248 e. The Labute approximate surface area is 150 Å². The summed E-state index contributed by atoms with van der Waals surface area (Å²) in [5.74, 6) is -0.0831. The fourth-order valence-electron chi connectivity index (χ4n) is 2.34. The number of hydrogen-bond donors (Lipinski definition) is 1. The fourth-order valence-corrected chi connectivity index (χ4v) is 2.34. The lowest BCUT2D eigenvalue weighted by molar-refractivity contribution is -0.132. The normalized spacial score (nSPS) is 11.9. The molecule has 0 aliphatic rings. The van der Waals surface area contributed by atoms with Crippen LogP contribution < -0.4 is 5.32 Å². The summed E-state index contributed by atoms with van der Waals surface area (Å²) in [5, 5.41) is 2.88. The maximum atomic E-state index is 12.0. The van der Waals surface area contributed by atoms with Crippen LogP contribution in [0.2, 0.25) is 0 Å². The SMILES string of the molecule is CC(OCc1ccccc1)C(=O)NCCCOCCc1ccccc1. The summed E-state index contributed by atoms with van der Waals surface area (Å²) in [4.78, 5) is 12.0. The van der Waals surface area contributed by atoms with E-state index in [-0.39, 0.29) is 5.91 Å². The highest BCUT2D eigenvalue weighted by Gasteiger charge is 2.12. The van der Waals surface area contributed by atoms with Crippen molar-refractivity contribution >= 4 is 5.91 Å². The molecule has 25 heavy (non-hydrogen) atoms. The van der Waals surface area contributed by atoms with Crippen molar-refractivity contribution < 1.29 is 14.3 Å². The second kappa shape index (κ2) is 11.4. The van der Waals surface area contributed by atoms with Gasteiger partial charge in [0.1, 0.15) is 6.10 Å². The van der Waals surface area contributed by atoms with Gasteiger partial charge < -0.3 is 14.8 Å². The molecule has 134 valence electrons. The Morgan fingerprint density at radius 2 is 1.60 bits per heavy atom. The number of benzene rings is 2. The van der Waals surface area contributed by atoms with E-state index in [2.05, 4.69) is 17.4 Å². The Balaban J connectivity index is 1.48. The molecular weight excluding hydrogens is 314 g/mol. The van der Waals surface area contributed by atoms with E-state index < -0.39 is 6.10 Å². The molecule has 0 aliphatic heterocycles. The molecule has 2 rings (SSSR count). The van der Waals surface area contributed by atoms with Gasteiger partial charge in [-0.15, -0.1) is 0 Å². The van der Waals surface area contributed by atoms with Crippen LogP contribution in [0.4, 0.5) is 0 Å². The van der Waals surface area contributed by atoms with E-state index in [1.165, 1.54) is 5.56 Å². The molecule has 0 bridgehead atoms. The molecule has 2 aromatic carbocycles. The number of nitrogens with one attached hydrogen (secondary N) is 1. The molecule has 0 saturated carbocycles. The summed E-state index contributed by atoms with van der Waals surface area (Å²) >= 11 is 0. The highest BCUT2D eigenvalue weighted by molar-refractivity contribution is 5.80. The average Bonchev–Trinajstić information content (AvgIpc) is 2.66. The number of amides is 1. The fraction of sp³-hybridized carbons (Fsp3) is 0.381. The van der Waals surface area contributed by atoms with Gasteiger partial charge in [-0.1, -0.05) is 60.7 Å². The van der Waals surface area contributed by atoms with Crippen LogP contribution in [0.3, 0.4) is 0 Å². The van der Waals surface area contributed by atoms with Gasteiger partial charge in [-0.2, -0.15) is 0 Å². The van der Waals surface area contributed by atoms with E-state index in [9.17, 15) is 4.79 Å². The number of hydrogen-bond acceptors (Lipinski definition) is 3. The van der Waals surface area contributed by atoms with Gasteiger partial charge in [0.2, 0.25) is 5.91 Å². The second-order valence-electron chi connectivity index (χ2n) is 5.93. The minimum atomic E-state index is -0.459. The van der Waals surface area contributed by atoms with Crippen LogP contribution in [0.25, 0.3) is 0 Å². The summed E-state index contributed by atoms with van der Waals surface area (Å²) < 4.78 is 11.2. The number of carbonyl (C=O) groups excluding carboxylic acids is 1. The predicted octanol–water partition coefficient (Wildman–Crippen LogP) is 3.36. The second-order valence-corrected chi connectivity index (χ2v) is 5.93. The standard InChI is InChI=1S/C21H27NO3/c1-18(25-17-20-11-6-3-7-12-20)21(23)22-14-8-15-24-16-13-19-9-4-2-5-10-19/h2-7,9-12,18H,8,13-17H2,1H3,(H,22,23). The van der Waals surface area contributed by atoms with E-state index in [4.69, 9.17) is 9.47 Å². The molecule has 1 amide bonds. The van der Waals surface area contributed by atoms with Gasteiger partial charge in [-0.05, 0) is 30.9 Å². The molecule has 0 saturated heterocycles. The topological polar surface area (TPSA) is 47.6 Å². The molecule has 0 fully saturated rings. The Morgan fingerprint density at radius 3 is 2.28 bits per heavy atom. The molecule has 0 spiro atoms. The van der Waals surface area contributed by atoms with E-state index in [1.54, 1.807) is 6.92 Å². The minimum absolute atomic E-state index is 0.0831. The monoisotopic (exact) mass is 341 g/mol. The molecule has 0 aromatic heterocycles. The van der Waals surface area contributed by atoms with Crippen molar-refractivity contribution in [2.75, 3.05) is 19.8 Å². The van der Waals surface area contributed by atoms with Gasteiger partial charge in [0.05, 0.1) is 13.2 Å². The van der Waals surface area contributed by atoms with E-state index in [0.717, 1.165) is 18.4 Å². The number of ether oxygens (including phenoxy) is 2. The molecule has 1 atom stereocenters. The van der Waals surface area contributed by atoms with Gasteiger partial charge >= 0.3 is 0 Å². The first-order chi connectivity index (χ1) is 12.3. The van der Waals surface area contributed by atoms with E-state index >= 15 is 0 Å². The van der Waals surface area contributed by atoms with Crippen LogP contribution in [0.5, 0.6) is 0 Å². The summed E-state index contributed by atoms with van der Waals surface area (Å²) in [7, 11) is 0. The van der Waals surface area contributed by atoms with Gasteiger partial charge in [0, 0.05) is 13.2 Å². The molecule has 1 unspecified atom stereocenters. The first-order valence-corrected chi connectivity index (χ1v) is 8.80. The van der Waals surface area contributed by atoms with Crippen molar-refractivity contribution in [3.05, 3.63) is 71.8 Å². The molecular formula is C21H27NO3. The highest BCUT2D eigenvalue weighted by Crippen LogP contribution is 2.03. The Hall–Kier alpha value is -2.17. The molecule has 4 nitrogen and oxygen atoms in total. The quantitative estimate of drug-likeness (QED) is 0.638. The van der Waals surface area contributed by atoms with E-state index in [1.807, 2.05) is 48.5 Å². The van der Waals surface area contributed by atoms with Crippen LogP contribution in [-0.2, 0) is 27.3 Å². The maximum absolute atomic E-state index is 12.0. The van der Waals surface area contributed by atoms with Crippen LogP contribution in [0.15, 0.2) is 60.7 Å². The summed E-state index contributed by atoms with van der Waals surface area (Å²) in [6, 6.07) is 20.1. The van der Waals surface area contributed by atoms with Gasteiger partial charge in [0.25, 0.3) is 0 Å². The maximum Gasteiger partial charge on any atom is 0.248 e. The van der Waals surface area contributed by atoms with Crippen molar-refractivity contribution in [3.63, 3.8) is 0 Å². The minimum Gasteiger partial charge on any atom is -0.381 e. The third-order valence-corrected chi connectivity index (χ3v) is 3.85. The van der Waals surface area contributed by atoms with Crippen molar-refractivity contribution in [1.82, 2.24) is 5.32 Å². The van der Waals surface area contributed by atoms with Crippen molar-refractivity contribution in [2.24, 2.45) is 0 Å². The van der Waals surface area contributed by atoms with Crippen molar-refractivity contribution in [3.8, 4) is 0 Å². The summed E-state index contributed by atoms with van der Waals surface area (Å²) in [6.07, 6.45) is 1.25. The summed E-state index contributed by atoms with van der Waals surface area (Å²) in [6.45, 7) is 4.16. The molecule has 0 heterocycles. The van der Waals surface area contributed by atoms with Gasteiger partial charge in [-0.25, -0.2) is 0 Å². The van der Waals surface area contributed by atoms with Crippen molar-refractivity contribution in [2.45, 2.75) is 32.5 Å². The molecule has 0 radical (unpaired) electrons. The number of rotatable bonds is 11. The average molecular weight is 341 g/mol. The van der Waals surface area contributed by atoms with Crippen LogP contribution in [-0.4, -0.2) is 31.8 Å². The third kappa shape index (κ3) is 7.96. The summed E-state index contributed by atoms with van der Waals surface area (Å²) in [5.41, 5.74) is 2.34. The van der Waals surface area contributed by atoms with Crippen LogP contribution >= 0.6 is 0 Å². The van der Waals surface area contributed by atoms with Gasteiger partial charge in [-0.3, -0.25) is 4.79 Å². The molecule has 0 aliphatic carbocycles. The van der Waals surface area contributed by atoms with E-state index in [0.29, 0.717) is 26.4 Å². The third-order valence-electron chi connectivity index (χ3n) is 3.85. The Morgan fingerprint density at radius 1 is 0.960 bits per heavy atom. The lowest BCUT2D eigenvalue weighted by atomic mass is 10.2. The highest BCUT2D eigenvalue weighted by atomic mass is 16.5. The first kappa shape index (κ1) is 19.2. The lowest BCUT2D eigenvalue weighted by Gasteiger charge is -2.13. The molecule has 4 heteroatoms. The molecule has 1 N–H and O–H groups in total. The Kier molecular flexibility index (Phi) is 8.73. The number of carbonyl (C=O) groups is 1. The van der Waals surface area contributed by atoms with Crippen LogP contribution in [0, 0.1) is 0 Å². The van der Waals surface area contributed by atoms with Crippen molar-refractivity contribution in [1.29, 1.82) is 0 Å². The van der Waals surface area contributed by atoms with Gasteiger partial charge in [0.15, 0.2) is 0 Å². The molecule has 2 aromatic rings. The first-order valence-electron chi connectivity index (χ1n) is 8.80. The predicted molar refractivity (Wildman–Crippen MR) is 99.3 cm³/mol. The van der Waals surface area contributed by atoms with Crippen LogP contribution in [0.1, 0.15) is 24.5 Å². The zero-order valence-electron chi connectivity index (χ0n) is 14.8.